The lowest BCUT2D eigenvalue weighted by Gasteiger charge is -2.11. The summed E-state index contributed by atoms with van der Waals surface area (Å²) in [5.74, 6) is 0. The second-order valence-corrected chi connectivity index (χ2v) is 4.76. The molecule has 0 amide bonds. The Hall–Kier alpha value is -2.41. The molecule has 8 heteroatoms. The molecule has 0 aliphatic heterocycles. The number of nitrogens with zero attached hydrogens (tertiary/aromatic N) is 2. The van der Waals surface area contributed by atoms with Crippen molar-refractivity contribution in [3.05, 3.63) is 48.5 Å². The molecule has 0 spiro atoms. The smallest absolute Gasteiger partial charge is 0.282 e. The molecule has 7 nitrogen and oxygen atoms in total. The van der Waals surface area contributed by atoms with Crippen molar-refractivity contribution in [2.24, 2.45) is 0 Å². The van der Waals surface area contributed by atoms with Gasteiger partial charge in [0, 0.05) is 16.8 Å². The lowest BCUT2D eigenvalue weighted by Crippen LogP contribution is -2.03. The summed E-state index contributed by atoms with van der Waals surface area (Å²) in [6.45, 7) is 2.92. The highest BCUT2D eigenvalue weighted by Crippen LogP contribution is 2.45. The average Bonchev–Trinajstić information content (AvgIpc) is 2.35. The van der Waals surface area contributed by atoms with Crippen LogP contribution in [0.1, 0.15) is 11.1 Å². The lowest BCUT2D eigenvalue weighted by molar-refractivity contribution is -0.387. The van der Waals surface area contributed by atoms with Crippen LogP contribution in [-0.4, -0.2) is 9.85 Å². The third kappa shape index (κ3) is 1.83. The van der Waals surface area contributed by atoms with E-state index in [0.717, 1.165) is 0 Å². The summed E-state index contributed by atoms with van der Waals surface area (Å²) in [6, 6.07) is 2.79. The Morgan fingerprint density at radius 1 is 1.00 bits per heavy atom. The molecule has 0 aromatic heterocycles. The van der Waals surface area contributed by atoms with E-state index in [2.05, 4.69) is 0 Å². The van der Waals surface area contributed by atoms with Gasteiger partial charge >= 0.3 is 0 Å². The molecule has 0 radical (unpaired) electrons. The highest BCUT2D eigenvalue weighted by Gasteiger charge is 2.30. The van der Waals surface area contributed by atoms with Crippen molar-refractivity contribution in [2.75, 3.05) is 5.73 Å². The monoisotopic (exact) mass is 295 g/mol. The minimum atomic E-state index is -0.598. The number of rotatable bonds is 2. The molecular formula is C12H10ClN3O4. The maximum atomic E-state index is 11.3. The average molecular weight is 296 g/mol. The Morgan fingerprint density at radius 2 is 1.45 bits per heavy atom. The van der Waals surface area contributed by atoms with Crippen LogP contribution in [0.3, 0.4) is 0 Å². The molecule has 0 fully saturated rings. The second-order valence-electron chi connectivity index (χ2n) is 4.35. The summed E-state index contributed by atoms with van der Waals surface area (Å²) in [4.78, 5) is 21.3. The summed E-state index contributed by atoms with van der Waals surface area (Å²) in [7, 11) is 0. The third-order valence-corrected chi connectivity index (χ3v) is 3.61. The highest BCUT2D eigenvalue weighted by atomic mass is 35.5. The van der Waals surface area contributed by atoms with Gasteiger partial charge in [0.05, 0.1) is 25.6 Å². The van der Waals surface area contributed by atoms with Gasteiger partial charge < -0.3 is 5.73 Å². The van der Waals surface area contributed by atoms with Gasteiger partial charge in [-0.15, -0.1) is 0 Å². The number of halogens is 1. The van der Waals surface area contributed by atoms with Crippen molar-refractivity contribution >= 4 is 39.4 Å². The number of benzene rings is 2. The number of nitrogen functional groups attached to an aromatic ring is 1. The van der Waals surface area contributed by atoms with E-state index < -0.39 is 9.85 Å². The van der Waals surface area contributed by atoms with E-state index in [0.29, 0.717) is 0 Å². The van der Waals surface area contributed by atoms with E-state index in [-0.39, 0.29) is 44.0 Å². The van der Waals surface area contributed by atoms with Gasteiger partial charge in [-0.3, -0.25) is 20.2 Å². The van der Waals surface area contributed by atoms with Gasteiger partial charge in [0.25, 0.3) is 11.4 Å². The third-order valence-electron chi connectivity index (χ3n) is 3.30. The quantitative estimate of drug-likeness (QED) is 0.517. The molecule has 2 aromatic carbocycles. The van der Waals surface area contributed by atoms with Crippen LogP contribution in [0.2, 0.25) is 5.02 Å². The maximum absolute atomic E-state index is 11.3. The first kappa shape index (κ1) is 14.0. The van der Waals surface area contributed by atoms with Crippen LogP contribution in [0.25, 0.3) is 10.8 Å². The van der Waals surface area contributed by atoms with Crippen LogP contribution in [0.15, 0.2) is 12.1 Å². The van der Waals surface area contributed by atoms with Gasteiger partial charge in [0.1, 0.15) is 0 Å². The Bertz CT molecular complexity index is 709. The minimum Gasteiger partial charge on any atom is -0.398 e. The van der Waals surface area contributed by atoms with Crippen LogP contribution in [0.4, 0.5) is 17.1 Å². The van der Waals surface area contributed by atoms with Crippen molar-refractivity contribution in [1.82, 2.24) is 0 Å². The van der Waals surface area contributed by atoms with Gasteiger partial charge in [-0.25, -0.2) is 0 Å². The number of hydrogen-bond donors (Lipinski definition) is 1. The normalized spacial score (nSPS) is 10.8. The molecule has 2 aromatic rings. The molecule has 20 heavy (non-hydrogen) atoms. The molecule has 0 aliphatic rings. The molecule has 0 saturated heterocycles. The fourth-order valence-electron chi connectivity index (χ4n) is 2.27. The van der Waals surface area contributed by atoms with Crippen LogP contribution < -0.4 is 5.73 Å². The largest absolute Gasteiger partial charge is 0.398 e. The molecule has 0 saturated carbocycles. The summed E-state index contributed by atoms with van der Waals surface area (Å²) < 4.78 is 0. The molecule has 0 heterocycles. The zero-order valence-corrected chi connectivity index (χ0v) is 11.4. The number of anilines is 1. The predicted molar refractivity (Wildman–Crippen MR) is 76.2 cm³/mol. The first-order valence-electron chi connectivity index (χ1n) is 5.57. The number of nitro groups is 2. The molecule has 0 unspecified atom stereocenters. The SMILES string of the molecule is Cc1c(C)c([N+](=O)[O-])c2c(Cl)ccc(N)c2c1[N+](=O)[O-]. The summed E-state index contributed by atoms with van der Waals surface area (Å²) in [5.41, 5.74) is 5.78. The van der Waals surface area contributed by atoms with Crippen molar-refractivity contribution < 1.29 is 9.85 Å². The number of fused-ring (bicyclic) bond motifs is 1. The van der Waals surface area contributed by atoms with E-state index in [1.54, 1.807) is 0 Å². The minimum absolute atomic E-state index is 0.00599. The maximum Gasteiger partial charge on any atom is 0.282 e. The molecule has 0 atom stereocenters. The number of nitro benzene ring substituents is 2. The van der Waals surface area contributed by atoms with Gasteiger partial charge in [-0.1, -0.05) is 11.6 Å². The molecular weight excluding hydrogens is 286 g/mol. The molecule has 2 rings (SSSR count). The van der Waals surface area contributed by atoms with Crippen LogP contribution in [0, 0.1) is 34.1 Å². The highest BCUT2D eigenvalue weighted by molar-refractivity contribution is 6.37. The van der Waals surface area contributed by atoms with Gasteiger partial charge in [-0.2, -0.15) is 0 Å². The molecule has 104 valence electrons. The van der Waals surface area contributed by atoms with Crippen molar-refractivity contribution in [2.45, 2.75) is 13.8 Å². The van der Waals surface area contributed by atoms with Crippen LogP contribution >= 0.6 is 11.6 Å². The van der Waals surface area contributed by atoms with Crippen LogP contribution in [-0.2, 0) is 0 Å². The number of nitrogens with two attached hydrogens (primary N) is 1. The Balaban J connectivity index is 3.23. The topological polar surface area (TPSA) is 112 Å². The fraction of sp³-hybridized carbons (Fsp3) is 0.167. The predicted octanol–water partition coefficient (Wildman–Crippen LogP) is 3.51. The molecule has 0 aliphatic carbocycles. The Labute approximate surface area is 118 Å². The van der Waals surface area contributed by atoms with Gasteiger partial charge in [0.15, 0.2) is 0 Å². The van der Waals surface area contributed by atoms with Crippen molar-refractivity contribution in [3.63, 3.8) is 0 Å². The van der Waals surface area contributed by atoms with Gasteiger partial charge in [-0.05, 0) is 26.0 Å². The van der Waals surface area contributed by atoms with E-state index in [4.69, 9.17) is 17.3 Å². The van der Waals surface area contributed by atoms with Crippen LogP contribution in [0.5, 0.6) is 0 Å². The standard InChI is InChI=1S/C12H10ClN3O4/c1-5-6(2)12(16(19)20)10-8(14)4-3-7(13)9(10)11(5)15(17)18/h3-4H,14H2,1-2H3. The second kappa shape index (κ2) is 4.61. The Kier molecular flexibility index (Phi) is 3.23. The van der Waals surface area contributed by atoms with E-state index in [9.17, 15) is 20.2 Å². The van der Waals surface area contributed by atoms with Gasteiger partial charge in [0.2, 0.25) is 0 Å². The zero-order chi connectivity index (χ0) is 15.2. The summed E-state index contributed by atoms with van der Waals surface area (Å²) in [6.07, 6.45) is 0. The summed E-state index contributed by atoms with van der Waals surface area (Å²) in [5, 5.41) is 22.6. The molecule has 2 N–H and O–H groups in total. The fourth-order valence-corrected chi connectivity index (χ4v) is 2.51. The first-order chi connectivity index (χ1) is 9.27. The van der Waals surface area contributed by atoms with E-state index in [1.807, 2.05) is 0 Å². The molecule has 0 bridgehead atoms. The lowest BCUT2D eigenvalue weighted by atomic mass is 9.96. The Morgan fingerprint density at radius 3 is 1.90 bits per heavy atom. The summed E-state index contributed by atoms with van der Waals surface area (Å²) >= 11 is 6.00. The first-order valence-corrected chi connectivity index (χ1v) is 5.94. The van der Waals surface area contributed by atoms with Crippen molar-refractivity contribution in [3.8, 4) is 0 Å². The van der Waals surface area contributed by atoms with Crippen molar-refractivity contribution in [1.29, 1.82) is 0 Å². The van der Waals surface area contributed by atoms with E-state index in [1.165, 1.54) is 26.0 Å². The number of hydrogen-bond acceptors (Lipinski definition) is 5. The zero-order valence-electron chi connectivity index (χ0n) is 10.6. The van der Waals surface area contributed by atoms with E-state index >= 15 is 0 Å².